The van der Waals surface area contributed by atoms with E-state index in [2.05, 4.69) is 5.32 Å². The molecule has 1 aromatic carbocycles. The number of thiophene rings is 1. The van der Waals surface area contributed by atoms with Crippen LogP contribution in [-0.2, 0) is 20.7 Å². The van der Waals surface area contributed by atoms with E-state index in [-0.39, 0.29) is 6.42 Å². The van der Waals surface area contributed by atoms with E-state index in [1.165, 1.54) is 25.4 Å². The molecule has 1 amide bonds. The summed E-state index contributed by atoms with van der Waals surface area (Å²) < 4.78 is 15.8. The van der Waals surface area contributed by atoms with Crippen LogP contribution in [0.4, 0.5) is 5.00 Å². The van der Waals surface area contributed by atoms with Gasteiger partial charge < -0.3 is 19.5 Å². The summed E-state index contributed by atoms with van der Waals surface area (Å²) in [6.45, 7) is 1.49. The first-order chi connectivity index (χ1) is 13.0. The lowest BCUT2D eigenvalue weighted by Gasteiger charge is -2.14. The topological polar surface area (TPSA) is 97.6 Å². The summed E-state index contributed by atoms with van der Waals surface area (Å²) in [7, 11) is 3.08. The average Bonchev–Trinajstić information content (AvgIpc) is 3.12. The lowest BCUT2D eigenvalue weighted by atomic mass is 10.1. The van der Waals surface area contributed by atoms with Crippen LogP contribution in [0.1, 0.15) is 24.5 Å². The van der Waals surface area contributed by atoms with Crippen LogP contribution in [0.25, 0.3) is 0 Å². The number of nitrogens with zero attached hydrogens (tertiary/aromatic N) is 1. The number of carbonyl (C=O) groups is 2. The van der Waals surface area contributed by atoms with Gasteiger partial charge in [-0.3, -0.25) is 9.59 Å². The molecule has 0 aliphatic carbocycles. The predicted octanol–water partition coefficient (Wildman–Crippen LogP) is 3.14. The molecule has 0 spiro atoms. The van der Waals surface area contributed by atoms with Gasteiger partial charge in [0.1, 0.15) is 11.1 Å². The molecule has 1 N–H and O–H groups in total. The largest absolute Gasteiger partial charge is 0.493 e. The Morgan fingerprint density at radius 2 is 2.04 bits per heavy atom. The van der Waals surface area contributed by atoms with Crippen LogP contribution in [-0.4, -0.2) is 32.2 Å². The van der Waals surface area contributed by atoms with Gasteiger partial charge in [0.2, 0.25) is 0 Å². The molecule has 8 heteroatoms. The van der Waals surface area contributed by atoms with Gasteiger partial charge in [-0.2, -0.15) is 5.26 Å². The Hall–Kier alpha value is -3.05. The summed E-state index contributed by atoms with van der Waals surface area (Å²) >= 11 is 1.23. The monoisotopic (exact) mass is 388 g/mol. The molecular weight excluding hydrogens is 368 g/mol. The summed E-state index contributed by atoms with van der Waals surface area (Å²) in [6.07, 6.45) is -0.501. The molecule has 0 unspecified atom stereocenters. The van der Waals surface area contributed by atoms with E-state index in [9.17, 15) is 9.59 Å². The maximum atomic E-state index is 12.1. The number of ether oxygens (including phenoxy) is 3. The number of methoxy groups -OCH3 is 2. The number of rotatable bonds is 8. The highest BCUT2D eigenvalue weighted by atomic mass is 32.1. The first-order valence-corrected chi connectivity index (χ1v) is 9.06. The summed E-state index contributed by atoms with van der Waals surface area (Å²) in [5.74, 6) is 0.163. The van der Waals surface area contributed by atoms with E-state index in [1.54, 1.807) is 24.6 Å². The van der Waals surface area contributed by atoms with Crippen LogP contribution in [0.2, 0.25) is 0 Å². The van der Waals surface area contributed by atoms with Crippen molar-refractivity contribution in [3.8, 4) is 17.6 Å². The highest BCUT2D eigenvalue weighted by Gasteiger charge is 2.20. The van der Waals surface area contributed by atoms with Gasteiger partial charge in [0.25, 0.3) is 5.91 Å². The Morgan fingerprint density at radius 3 is 2.70 bits per heavy atom. The quantitative estimate of drug-likeness (QED) is 0.698. The maximum absolute atomic E-state index is 12.1. The van der Waals surface area contributed by atoms with Gasteiger partial charge in [0, 0.05) is 6.42 Å². The molecule has 0 aliphatic heterocycles. The fourth-order valence-electron chi connectivity index (χ4n) is 2.40. The lowest BCUT2D eigenvalue weighted by molar-refractivity contribution is -0.153. The zero-order chi connectivity index (χ0) is 19.8. The van der Waals surface area contributed by atoms with Crippen molar-refractivity contribution in [3.63, 3.8) is 0 Å². The van der Waals surface area contributed by atoms with Crippen LogP contribution in [0.15, 0.2) is 29.6 Å². The van der Waals surface area contributed by atoms with Crippen molar-refractivity contribution in [1.82, 2.24) is 0 Å². The van der Waals surface area contributed by atoms with Gasteiger partial charge in [-0.05, 0) is 36.4 Å². The second-order valence-electron chi connectivity index (χ2n) is 5.55. The molecule has 0 aliphatic rings. The fraction of sp³-hybridized carbons (Fsp3) is 0.316. The number of para-hydroxylation sites is 1. The van der Waals surface area contributed by atoms with Crippen molar-refractivity contribution in [2.45, 2.75) is 25.9 Å². The summed E-state index contributed by atoms with van der Waals surface area (Å²) in [4.78, 5) is 24.2. The standard InChI is InChI=1S/C19H20N2O5S/c1-12(18(23)21-19-14(11-20)9-10-27-19)26-16(22)8-7-13-5-4-6-15(24-2)17(13)25-3/h4-6,9-10,12H,7-8H2,1-3H3,(H,21,23)/t12-/m1/s1. The van der Waals surface area contributed by atoms with Gasteiger partial charge in [-0.15, -0.1) is 11.3 Å². The van der Waals surface area contributed by atoms with Crippen molar-refractivity contribution in [2.75, 3.05) is 19.5 Å². The molecule has 1 aromatic heterocycles. The fourth-order valence-corrected chi connectivity index (χ4v) is 3.14. The van der Waals surface area contributed by atoms with Gasteiger partial charge in [-0.1, -0.05) is 12.1 Å². The smallest absolute Gasteiger partial charge is 0.306 e. The molecule has 27 heavy (non-hydrogen) atoms. The van der Waals surface area contributed by atoms with Crippen LogP contribution in [0.3, 0.4) is 0 Å². The zero-order valence-corrected chi connectivity index (χ0v) is 16.1. The summed E-state index contributed by atoms with van der Waals surface area (Å²) in [5, 5.41) is 13.7. The van der Waals surface area contributed by atoms with E-state index < -0.39 is 18.0 Å². The van der Waals surface area contributed by atoms with Crippen LogP contribution >= 0.6 is 11.3 Å². The molecular formula is C19H20N2O5S. The second kappa shape index (κ2) is 9.59. The van der Waals surface area contributed by atoms with Crippen LogP contribution in [0.5, 0.6) is 11.5 Å². The van der Waals surface area contributed by atoms with E-state index >= 15 is 0 Å². The molecule has 2 rings (SSSR count). The Kier molecular flexibility index (Phi) is 7.20. The minimum atomic E-state index is -0.974. The number of hydrogen-bond donors (Lipinski definition) is 1. The minimum absolute atomic E-state index is 0.0869. The number of amides is 1. The number of anilines is 1. The third-order valence-corrected chi connectivity index (χ3v) is 4.61. The van der Waals surface area contributed by atoms with Crippen LogP contribution in [0, 0.1) is 11.3 Å². The SMILES string of the molecule is COc1cccc(CCC(=O)O[C@H](C)C(=O)Nc2sccc2C#N)c1OC. The molecule has 0 saturated carbocycles. The van der Waals surface area contributed by atoms with Crippen molar-refractivity contribution in [3.05, 3.63) is 40.8 Å². The molecule has 7 nitrogen and oxygen atoms in total. The molecule has 0 fully saturated rings. The molecule has 0 bridgehead atoms. The normalized spacial score (nSPS) is 11.2. The third-order valence-electron chi connectivity index (χ3n) is 3.78. The number of carbonyl (C=O) groups excluding carboxylic acids is 2. The Balaban J connectivity index is 1.90. The number of hydrogen-bond acceptors (Lipinski definition) is 7. The lowest BCUT2D eigenvalue weighted by Crippen LogP contribution is -2.30. The van der Waals surface area contributed by atoms with E-state index in [0.29, 0.717) is 28.5 Å². The van der Waals surface area contributed by atoms with Gasteiger partial charge >= 0.3 is 5.97 Å². The highest BCUT2D eigenvalue weighted by molar-refractivity contribution is 7.14. The Bertz CT molecular complexity index is 856. The highest BCUT2D eigenvalue weighted by Crippen LogP contribution is 2.31. The summed E-state index contributed by atoms with van der Waals surface area (Å²) in [6, 6.07) is 9.02. The number of nitriles is 1. The molecule has 2 aromatic rings. The summed E-state index contributed by atoms with van der Waals surface area (Å²) in [5.41, 5.74) is 1.18. The maximum Gasteiger partial charge on any atom is 0.306 e. The van der Waals surface area contributed by atoms with Crippen molar-refractivity contribution in [2.24, 2.45) is 0 Å². The Morgan fingerprint density at radius 1 is 1.26 bits per heavy atom. The van der Waals surface area contributed by atoms with Crippen molar-refractivity contribution >= 4 is 28.2 Å². The van der Waals surface area contributed by atoms with Crippen molar-refractivity contribution in [1.29, 1.82) is 5.26 Å². The van der Waals surface area contributed by atoms with E-state index in [1.807, 2.05) is 18.2 Å². The first kappa shape index (κ1) is 20.3. The van der Waals surface area contributed by atoms with Gasteiger partial charge in [-0.25, -0.2) is 0 Å². The number of aryl methyl sites for hydroxylation is 1. The zero-order valence-electron chi connectivity index (χ0n) is 15.3. The average molecular weight is 388 g/mol. The predicted molar refractivity (Wildman–Crippen MR) is 101 cm³/mol. The molecule has 142 valence electrons. The molecule has 1 heterocycles. The molecule has 1 atom stereocenters. The van der Waals surface area contributed by atoms with Crippen LogP contribution < -0.4 is 14.8 Å². The third kappa shape index (κ3) is 5.21. The molecule has 0 saturated heterocycles. The Labute approximate surface area is 161 Å². The van der Waals surface area contributed by atoms with Gasteiger partial charge in [0.05, 0.1) is 19.8 Å². The van der Waals surface area contributed by atoms with Gasteiger partial charge in [0.15, 0.2) is 17.6 Å². The van der Waals surface area contributed by atoms with E-state index in [0.717, 1.165) is 5.56 Å². The molecule has 0 radical (unpaired) electrons. The number of esters is 1. The first-order valence-electron chi connectivity index (χ1n) is 8.18. The second-order valence-corrected chi connectivity index (χ2v) is 6.47. The number of nitrogens with one attached hydrogen (secondary N) is 1. The van der Waals surface area contributed by atoms with E-state index in [4.69, 9.17) is 19.5 Å². The minimum Gasteiger partial charge on any atom is -0.493 e. The number of benzene rings is 1. The van der Waals surface area contributed by atoms with Crippen molar-refractivity contribution < 1.29 is 23.8 Å².